The average Bonchev–Trinajstić information content (AvgIpc) is 2.42. The van der Waals surface area contributed by atoms with Crippen LogP contribution in [0.4, 0.5) is 0 Å². The molecular weight excluding hydrogens is 248 g/mol. The minimum Gasteiger partial charge on any atom is -0.354 e. The average molecular weight is 276 g/mol. The number of amides is 1. The lowest BCUT2D eigenvalue weighted by atomic mass is 9.95. The lowest BCUT2D eigenvalue weighted by Gasteiger charge is -2.21. The number of nitrogens with two attached hydrogens (primary N) is 1. The Morgan fingerprint density at radius 3 is 2.50 bits per heavy atom. The van der Waals surface area contributed by atoms with Crippen LogP contribution in [0.1, 0.15) is 43.4 Å². The molecule has 0 spiro atoms. The summed E-state index contributed by atoms with van der Waals surface area (Å²) in [5.41, 5.74) is 9.57. The van der Waals surface area contributed by atoms with Gasteiger partial charge in [-0.1, -0.05) is 50.5 Å². The van der Waals surface area contributed by atoms with Crippen molar-refractivity contribution in [3.63, 3.8) is 0 Å². The van der Waals surface area contributed by atoms with E-state index in [0.29, 0.717) is 18.9 Å². The molecule has 0 fully saturated rings. The van der Waals surface area contributed by atoms with Crippen molar-refractivity contribution in [1.82, 2.24) is 5.32 Å². The first kappa shape index (κ1) is 16.7. The van der Waals surface area contributed by atoms with Crippen LogP contribution < -0.4 is 11.1 Å². The fourth-order valence-corrected chi connectivity index (χ4v) is 2.52. The molecule has 0 aliphatic rings. The molecule has 0 radical (unpaired) electrons. The van der Waals surface area contributed by atoms with Gasteiger partial charge in [0.15, 0.2) is 0 Å². The van der Waals surface area contributed by atoms with Crippen molar-refractivity contribution < 1.29 is 4.79 Å². The van der Waals surface area contributed by atoms with Gasteiger partial charge < -0.3 is 11.1 Å². The first-order chi connectivity index (χ1) is 9.47. The molecule has 20 heavy (non-hydrogen) atoms. The second kappa shape index (κ2) is 8.05. The van der Waals surface area contributed by atoms with Crippen LogP contribution in [0.15, 0.2) is 18.2 Å². The van der Waals surface area contributed by atoms with Crippen LogP contribution in [0.5, 0.6) is 0 Å². The highest BCUT2D eigenvalue weighted by Gasteiger charge is 2.15. The Kier molecular flexibility index (Phi) is 6.73. The Balaban J connectivity index is 2.50. The predicted molar refractivity (Wildman–Crippen MR) is 84.7 cm³/mol. The Labute approximate surface area is 122 Å². The zero-order chi connectivity index (χ0) is 15.1. The molecular formula is C17H28N2O. The fourth-order valence-electron chi connectivity index (χ4n) is 2.52. The second-order valence-corrected chi connectivity index (χ2v) is 5.65. The zero-order valence-electron chi connectivity index (χ0n) is 13.2. The van der Waals surface area contributed by atoms with Crippen LogP contribution in [0.2, 0.25) is 0 Å². The Bertz CT molecular complexity index is 439. The number of benzene rings is 1. The van der Waals surface area contributed by atoms with E-state index in [1.807, 2.05) is 13.8 Å². The summed E-state index contributed by atoms with van der Waals surface area (Å²) in [4.78, 5) is 12.0. The number of aryl methyl sites for hydroxylation is 2. The molecule has 1 unspecified atom stereocenters. The summed E-state index contributed by atoms with van der Waals surface area (Å²) >= 11 is 0. The number of carbonyl (C=O) groups is 1. The van der Waals surface area contributed by atoms with Crippen LogP contribution in [0.25, 0.3) is 0 Å². The van der Waals surface area contributed by atoms with Gasteiger partial charge in [0.05, 0.1) is 6.42 Å². The number of nitrogens with one attached hydrogen (secondary N) is 1. The zero-order valence-corrected chi connectivity index (χ0v) is 13.2. The van der Waals surface area contributed by atoms with Gasteiger partial charge in [0.25, 0.3) is 0 Å². The normalized spacial score (nSPS) is 12.5. The van der Waals surface area contributed by atoms with E-state index in [1.54, 1.807) is 0 Å². The highest BCUT2D eigenvalue weighted by Crippen LogP contribution is 2.12. The van der Waals surface area contributed by atoms with Gasteiger partial charge in [-0.25, -0.2) is 0 Å². The van der Waals surface area contributed by atoms with Gasteiger partial charge in [-0.05, 0) is 30.9 Å². The van der Waals surface area contributed by atoms with Gasteiger partial charge in [-0.3, -0.25) is 4.79 Å². The molecule has 0 bridgehead atoms. The number of rotatable bonds is 7. The molecule has 1 atom stereocenters. The van der Waals surface area contributed by atoms with E-state index in [-0.39, 0.29) is 11.9 Å². The molecule has 0 saturated carbocycles. The van der Waals surface area contributed by atoms with Crippen molar-refractivity contribution >= 4 is 5.91 Å². The monoisotopic (exact) mass is 276 g/mol. The standard InChI is InChI=1S/C17H28N2O/c1-5-14(6-2)16(18)11-19-17(20)10-15-9-12(3)7-8-13(15)4/h7-9,14,16H,5-6,10-11,18H2,1-4H3,(H,19,20). The van der Waals surface area contributed by atoms with E-state index in [0.717, 1.165) is 24.0 Å². The lowest BCUT2D eigenvalue weighted by Crippen LogP contribution is -2.42. The quantitative estimate of drug-likeness (QED) is 0.804. The van der Waals surface area contributed by atoms with Crippen molar-refractivity contribution in [3.05, 3.63) is 34.9 Å². The topological polar surface area (TPSA) is 55.1 Å². The van der Waals surface area contributed by atoms with Crippen molar-refractivity contribution in [2.75, 3.05) is 6.54 Å². The minimum atomic E-state index is 0.0487. The van der Waals surface area contributed by atoms with E-state index in [4.69, 9.17) is 5.73 Å². The number of hydrogen-bond donors (Lipinski definition) is 2. The molecule has 0 aliphatic heterocycles. The van der Waals surface area contributed by atoms with E-state index in [1.165, 1.54) is 5.56 Å². The summed E-state index contributed by atoms with van der Waals surface area (Å²) in [6, 6.07) is 6.26. The third-order valence-electron chi connectivity index (χ3n) is 4.04. The number of carbonyl (C=O) groups excluding carboxylic acids is 1. The van der Waals surface area contributed by atoms with E-state index < -0.39 is 0 Å². The maximum absolute atomic E-state index is 12.0. The molecule has 0 saturated heterocycles. The minimum absolute atomic E-state index is 0.0487. The van der Waals surface area contributed by atoms with Crippen molar-refractivity contribution in [3.8, 4) is 0 Å². The third-order valence-corrected chi connectivity index (χ3v) is 4.04. The van der Waals surface area contributed by atoms with Crippen LogP contribution in [-0.4, -0.2) is 18.5 Å². The van der Waals surface area contributed by atoms with Gasteiger partial charge >= 0.3 is 0 Å². The third kappa shape index (κ3) is 4.97. The van der Waals surface area contributed by atoms with Crippen molar-refractivity contribution in [2.45, 2.75) is 53.0 Å². The Hall–Kier alpha value is -1.35. The maximum atomic E-state index is 12.0. The number of hydrogen-bond acceptors (Lipinski definition) is 2. The van der Waals surface area contributed by atoms with Gasteiger partial charge in [-0.2, -0.15) is 0 Å². The molecule has 3 N–H and O–H groups in total. The fraction of sp³-hybridized carbons (Fsp3) is 0.588. The van der Waals surface area contributed by atoms with Gasteiger partial charge in [0, 0.05) is 12.6 Å². The Morgan fingerprint density at radius 2 is 1.90 bits per heavy atom. The molecule has 3 heteroatoms. The summed E-state index contributed by atoms with van der Waals surface area (Å²) < 4.78 is 0. The van der Waals surface area contributed by atoms with E-state index >= 15 is 0 Å². The SMILES string of the molecule is CCC(CC)C(N)CNC(=O)Cc1cc(C)ccc1C. The summed E-state index contributed by atoms with van der Waals surface area (Å²) in [6.07, 6.45) is 2.55. The largest absolute Gasteiger partial charge is 0.354 e. The second-order valence-electron chi connectivity index (χ2n) is 5.65. The van der Waals surface area contributed by atoms with Gasteiger partial charge in [-0.15, -0.1) is 0 Å². The van der Waals surface area contributed by atoms with Gasteiger partial charge in [0.2, 0.25) is 5.91 Å². The first-order valence-electron chi connectivity index (χ1n) is 7.56. The molecule has 0 heterocycles. The summed E-state index contributed by atoms with van der Waals surface area (Å²) in [5.74, 6) is 0.538. The molecule has 1 rings (SSSR count). The van der Waals surface area contributed by atoms with Gasteiger partial charge in [0.1, 0.15) is 0 Å². The highest BCUT2D eigenvalue weighted by molar-refractivity contribution is 5.79. The summed E-state index contributed by atoms with van der Waals surface area (Å²) in [5, 5.41) is 2.96. The summed E-state index contributed by atoms with van der Waals surface area (Å²) in [7, 11) is 0. The highest BCUT2D eigenvalue weighted by atomic mass is 16.1. The van der Waals surface area contributed by atoms with Crippen molar-refractivity contribution in [2.24, 2.45) is 11.7 Å². The van der Waals surface area contributed by atoms with E-state index in [2.05, 4.69) is 37.4 Å². The van der Waals surface area contributed by atoms with Crippen LogP contribution in [0.3, 0.4) is 0 Å². The predicted octanol–water partition coefficient (Wildman–Crippen LogP) is 2.73. The van der Waals surface area contributed by atoms with E-state index in [9.17, 15) is 4.79 Å². The smallest absolute Gasteiger partial charge is 0.224 e. The molecule has 1 aromatic carbocycles. The molecule has 0 aromatic heterocycles. The van der Waals surface area contributed by atoms with Crippen molar-refractivity contribution in [1.29, 1.82) is 0 Å². The molecule has 112 valence electrons. The van der Waals surface area contributed by atoms with Crippen LogP contribution >= 0.6 is 0 Å². The molecule has 3 nitrogen and oxygen atoms in total. The molecule has 1 amide bonds. The van der Waals surface area contributed by atoms with Crippen LogP contribution in [-0.2, 0) is 11.2 Å². The molecule has 0 aliphatic carbocycles. The van der Waals surface area contributed by atoms with Crippen LogP contribution in [0, 0.1) is 19.8 Å². The summed E-state index contributed by atoms with van der Waals surface area (Å²) in [6.45, 7) is 8.94. The Morgan fingerprint density at radius 1 is 1.25 bits per heavy atom. The maximum Gasteiger partial charge on any atom is 0.224 e. The lowest BCUT2D eigenvalue weighted by molar-refractivity contribution is -0.120. The first-order valence-corrected chi connectivity index (χ1v) is 7.56. The molecule has 1 aromatic rings.